The molecule has 0 N–H and O–H groups in total. The van der Waals surface area contributed by atoms with Crippen molar-refractivity contribution in [2.24, 2.45) is 0 Å². The second kappa shape index (κ2) is 5.92. The molecule has 0 heterocycles. The first-order valence-electron chi connectivity index (χ1n) is 6.13. The first kappa shape index (κ1) is 14.3. The van der Waals surface area contributed by atoms with Crippen molar-refractivity contribution in [2.75, 3.05) is 19.1 Å². The Balaban J connectivity index is 2.40. The highest BCUT2D eigenvalue weighted by Crippen LogP contribution is 2.30. The monoisotopic (exact) mass is 283 g/mol. The lowest BCUT2D eigenvalue weighted by Crippen LogP contribution is -2.11. The van der Waals surface area contributed by atoms with Crippen LogP contribution in [-0.2, 0) is 0 Å². The lowest BCUT2D eigenvalue weighted by Gasteiger charge is -2.20. The SMILES string of the molecule is COc1ccc(N(C)c2ccc([N+](=O)[O-])cc2C#N)cc1. The molecule has 21 heavy (non-hydrogen) atoms. The predicted molar refractivity (Wildman–Crippen MR) is 78.9 cm³/mol. The van der Waals surface area contributed by atoms with Gasteiger partial charge in [0.05, 0.1) is 23.3 Å². The van der Waals surface area contributed by atoms with Gasteiger partial charge >= 0.3 is 0 Å². The van der Waals surface area contributed by atoms with Crippen LogP contribution in [0.3, 0.4) is 0 Å². The molecule has 2 aromatic rings. The maximum atomic E-state index is 10.8. The van der Waals surface area contributed by atoms with Gasteiger partial charge < -0.3 is 9.64 Å². The summed E-state index contributed by atoms with van der Waals surface area (Å²) in [5.41, 5.74) is 1.61. The van der Waals surface area contributed by atoms with E-state index in [0.717, 1.165) is 11.4 Å². The number of rotatable bonds is 4. The quantitative estimate of drug-likeness (QED) is 0.635. The first-order valence-corrected chi connectivity index (χ1v) is 6.13. The summed E-state index contributed by atoms with van der Waals surface area (Å²) in [6.45, 7) is 0. The van der Waals surface area contributed by atoms with Crippen LogP contribution in [0, 0.1) is 21.4 Å². The summed E-state index contributed by atoms with van der Waals surface area (Å²) < 4.78 is 5.10. The molecule has 0 aromatic heterocycles. The molecular weight excluding hydrogens is 270 g/mol. The van der Waals surface area contributed by atoms with Gasteiger partial charge in [0.1, 0.15) is 11.8 Å². The van der Waals surface area contributed by atoms with Crippen LogP contribution in [0.25, 0.3) is 0 Å². The maximum absolute atomic E-state index is 10.8. The molecule has 0 bridgehead atoms. The number of methoxy groups -OCH3 is 1. The average molecular weight is 283 g/mol. The van der Waals surface area contributed by atoms with Gasteiger partial charge in [-0.25, -0.2) is 0 Å². The molecule has 0 fully saturated rings. The minimum absolute atomic E-state index is 0.0987. The van der Waals surface area contributed by atoms with Gasteiger partial charge in [-0.1, -0.05) is 0 Å². The predicted octanol–water partition coefficient (Wildman–Crippen LogP) is 3.24. The standard InChI is InChI=1S/C15H13N3O3/c1-17(12-3-6-14(21-2)7-4-12)15-8-5-13(18(19)20)9-11(15)10-16/h3-9H,1-2H3. The largest absolute Gasteiger partial charge is 0.497 e. The van der Waals surface area contributed by atoms with Crippen LogP contribution < -0.4 is 9.64 Å². The Kier molecular flexibility index (Phi) is 4.05. The summed E-state index contributed by atoms with van der Waals surface area (Å²) in [5.74, 6) is 0.733. The van der Waals surface area contributed by atoms with Gasteiger partial charge in [-0.05, 0) is 30.3 Å². The van der Waals surface area contributed by atoms with E-state index in [1.54, 1.807) is 25.1 Å². The number of ether oxygens (including phenoxy) is 1. The van der Waals surface area contributed by atoms with Crippen LogP contribution in [0.5, 0.6) is 5.75 Å². The number of non-ortho nitro benzene ring substituents is 1. The molecule has 2 aromatic carbocycles. The van der Waals surface area contributed by atoms with Gasteiger partial charge in [0.2, 0.25) is 0 Å². The van der Waals surface area contributed by atoms with E-state index >= 15 is 0 Å². The molecule has 0 aliphatic carbocycles. The van der Waals surface area contributed by atoms with Crippen LogP contribution in [0.1, 0.15) is 5.56 Å². The van der Waals surface area contributed by atoms with E-state index in [2.05, 4.69) is 0 Å². The van der Waals surface area contributed by atoms with Gasteiger partial charge in [0.25, 0.3) is 5.69 Å². The number of nitriles is 1. The van der Waals surface area contributed by atoms with Gasteiger partial charge in [0.15, 0.2) is 0 Å². The fourth-order valence-electron chi connectivity index (χ4n) is 1.96. The van der Waals surface area contributed by atoms with Crippen LogP contribution in [0.4, 0.5) is 17.1 Å². The Morgan fingerprint density at radius 2 is 1.90 bits per heavy atom. The molecule has 0 saturated heterocycles. The van der Waals surface area contributed by atoms with Crippen molar-refractivity contribution >= 4 is 17.1 Å². The molecule has 0 radical (unpaired) electrons. The highest BCUT2D eigenvalue weighted by molar-refractivity contribution is 5.70. The van der Waals surface area contributed by atoms with Crippen molar-refractivity contribution in [1.82, 2.24) is 0 Å². The Bertz CT molecular complexity index is 705. The second-order valence-electron chi connectivity index (χ2n) is 4.33. The summed E-state index contributed by atoms with van der Waals surface area (Å²) >= 11 is 0. The number of nitrogens with zero attached hydrogens (tertiary/aromatic N) is 3. The molecular formula is C15H13N3O3. The van der Waals surface area contributed by atoms with E-state index in [-0.39, 0.29) is 11.3 Å². The average Bonchev–Trinajstić information content (AvgIpc) is 2.53. The smallest absolute Gasteiger partial charge is 0.270 e. The summed E-state index contributed by atoms with van der Waals surface area (Å²) in [6, 6.07) is 13.5. The molecule has 0 unspecified atom stereocenters. The molecule has 106 valence electrons. The molecule has 0 amide bonds. The van der Waals surface area contributed by atoms with E-state index in [9.17, 15) is 15.4 Å². The Hall–Kier alpha value is -3.07. The molecule has 0 aliphatic heterocycles. The van der Waals surface area contributed by atoms with Crippen LogP contribution >= 0.6 is 0 Å². The summed E-state index contributed by atoms with van der Waals surface area (Å²) in [6.07, 6.45) is 0. The Morgan fingerprint density at radius 3 is 2.43 bits per heavy atom. The highest BCUT2D eigenvalue weighted by atomic mass is 16.6. The normalized spacial score (nSPS) is 9.76. The zero-order valence-electron chi connectivity index (χ0n) is 11.6. The fourth-order valence-corrected chi connectivity index (χ4v) is 1.96. The first-order chi connectivity index (χ1) is 10.1. The van der Waals surface area contributed by atoms with Gasteiger partial charge in [-0.2, -0.15) is 5.26 Å². The molecule has 2 rings (SSSR count). The lowest BCUT2D eigenvalue weighted by molar-refractivity contribution is -0.384. The van der Waals surface area contributed by atoms with Crippen molar-refractivity contribution in [2.45, 2.75) is 0 Å². The van der Waals surface area contributed by atoms with Gasteiger partial charge in [-0.3, -0.25) is 10.1 Å². The number of hydrogen-bond acceptors (Lipinski definition) is 5. The topological polar surface area (TPSA) is 79.4 Å². The van der Waals surface area contributed by atoms with E-state index < -0.39 is 4.92 Å². The number of benzene rings is 2. The van der Waals surface area contributed by atoms with E-state index in [1.807, 2.05) is 30.3 Å². The van der Waals surface area contributed by atoms with Crippen molar-refractivity contribution in [3.8, 4) is 11.8 Å². The second-order valence-corrected chi connectivity index (χ2v) is 4.33. The number of hydrogen-bond donors (Lipinski definition) is 0. The Morgan fingerprint density at radius 1 is 1.24 bits per heavy atom. The number of nitro groups is 1. The summed E-state index contributed by atoms with van der Waals surface area (Å²) in [4.78, 5) is 12.0. The number of nitro benzene ring substituents is 1. The molecule has 0 saturated carbocycles. The summed E-state index contributed by atoms with van der Waals surface area (Å²) in [7, 11) is 3.38. The zero-order valence-corrected chi connectivity index (χ0v) is 11.6. The third kappa shape index (κ3) is 2.92. The van der Waals surface area contributed by atoms with Gasteiger partial charge in [-0.15, -0.1) is 0 Å². The molecule has 0 aliphatic rings. The maximum Gasteiger partial charge on any atom is 0.270 e. The molecule has 6 heteroatoms. The minimum atomic E-state index is -0.516. The third-order valence-electron chi connectivity index (χ3n) is 3.13. The van der Waals surface area contributed by atoms with E-state index in [4.69, 9.17) is 4.74 Å². The van der Waals surface area contributed by atoms with Crippen molar-refractivity contribution in [3.05, 3.63) is 58.1 Å². The minimum Gasteiger partial charge on any atom is -0.497 e. The molecule has 0 spiro atoms. The van der Waals surface area contributed by atoms with Gasteiger partial charge in [0, 0.05) is 24.9 Å². The Labute approximate surface area is 122 Å². The molecule has 6 nitrogen and oxygen atoms in total. The highest BCUT2D eigenvalue weighted by Gasteiger charge is 2.14. The van der Waals surface area contributed by atoms with E-state index in [0.29, 0.717) is 5.69 Å². The molecule has 0 atom stereocenters. The van der Waals surface area contributed by atoms with Crippen LogP contribution in [0.2, 0.25) is 0 Å². The van der Waals surface area contributed by atoms with Crippen molar-refractivity contribution < 1.29 is 9.66 Å². The summed E-state index contributed by atoms with van der Waals surface area (Å²) in [5, 5.41) is 19.9. The third-order valence-corrected chi connectivity index (χ3v) is 3.13. The van der Waals surface area contributed by atoms with Crippen molar-refractivity contribution in [3.63, 3.8) is 0 Å². The van der Waals surface area contributed by atoms with Crippen molar-refractivity contribution in [1.29, 1.82) is 5.26 Å². The number of anilines is 2. The fraction of sp³-hybridized carbons (Fsp3) is 0.133. The lowest BCUT2D eigenvalue weighted by atomic mass is 10.1. The van der Waals surface area contributed by atoms with Crippen LogP contribution in [-0.4, -0.2) is 19.1 Å². The van der Waals surface area contributed by atoms with Crippen LogP contribution in [0.15, 0.2) is 42.5 Å². The zero-order chi connectivity index (χ0) is 15.4. The van der Waals surface area contributed by atoms with E-state index in [1.165, 1.54) is 12.1 Å².